The first kappa shape index (κ1) is 19.8. The maximum Gasteiger partial charge on any atom is 0.118 e. The normalized spacial score (nSPS) is 20.8. The monoisotopic (exact) mass is 361 g/mol. The molecule has 3 atom stereocenters. The van der Waals surface area contributed by atoms with Crippen LogP contribution in [-0.4, -0.2) is 24.8 Å². The fourth-order valence-electron chi connectivity index (χ4n) is 3.88. The van der Waals surface area contributed by atoms with E-state index < -0.39 is 5.60 Å². The molecule has 0 amide bonds. The number of halogens is 1. The molecule has 0 saturated carbocycles. The van der Waals surface area contributed by atoms with E-state index in [0.29, 0.717) is 0 Å². The molecule has 0 aliphatic carbocycles. The van der Waals surface area contributed by atoms with Crippen molar-refractivity contribution in [2.75, 3.05) is 13.7 Å². The van der Waals surface area contributed by atoms with Gasteiger partial charge in [-0.15, -0.1) is 12.4 Å². The fourth-order valence-corrected chi connectivity index (χ4v) is 3.88. The Morgan fingerprint density at radius 1 is 1.08 bits per heavy atom. The van der Waals surface area contributed by atoms with Crippen LogP contribution in [-0.2, 0) is 5.60 Å². The summed E-state index contributed by atoms with van der Waals surface area (Å²) in [6, 6.07) is 18.4. The Hall–Kier alpha value is -1.55. The molecule has 136 valence electrons. The second kappa shape index (κ2) is 8.70. The van der Waals surface area contributed by atoms with Gasteiger partial charge in [0.15, 0.2) is 0 Å². The number of rotatable bonds is 5. The first-order valence-corrected chi connectivity index (χ1v) is 8.78. The van der Waals surface area contributed by atoms with E-state index in [0.717, 1.165) is 24.3 Å². The minimum atomic E-state index is -0.956. The third-order valence-corrected chi connectivity index (χ3v) is 5.19. The Morgan fingerprint density at radius 3 is 2.32 bits per heavy atom. The Kier molecular flexibility index (Phi) is 6.88. The summed E-state index contributed by atoms with van der Waals surface area (Å²) in [5, 5.41) is 15.2. The van der Waals surface area contributed by atoms with Crippen molar-refractivity contribution in [3.63, 3.8) is 0 Å². The van der Waals surface area contributed by atoms with Gasteiger partial charge in [-0.2, -0.15) is 0 Å². The lowest BCUT2D eigenvalue weighted by Crippen LogP contribution is -2.47. The van der Waals surface area contributed by atoms with Gasteiger partial charge >= 0.3 is 0 Å². The molecule has 0 radical (unpaired) electrons. The average molecular weight is 362 g/mol. The highest BCUT2D eigenvalue weighted by Crippen LogP contribution is 2.41. The van der Waals surface area contributed by atoms with E-state index in [1.54, 1.807) is 7.11 Å². The molecule has 0 aromatic heterocycles. The van der Waals surface area contributed by atoms with E-state index in [-0.39, 0.29) is 24.4 Å². The third-order valence-electron chi connectivity index (χ3n) is 5.19. The highest BCUT2D eigenvalue weighted by molar-refractivity contribution is 5.85. The van der Waals surface area contributed by atoms with Crippen LogP contribution in [0.25, 0.3) is 0 Å². The Bertz CT molecular complexity index is 637. The van der Waals surface area contributed by atoms with E-state index in [2.05, 4.69) is 29.6 Å². The van der Waals surface area contributed by atoms with Gasteiger partial charge in [-0.05, 0) is 49.6 Å². The first-order chi connectivity index (χ1) is 11.6. The van der Waals surface area contributed by atoms with Crippen LogP contribution >= 0.6 is 12.4 Å². The van der Waals surface area contributed by atoms with Crippen molar-refractivity contribution < 1.29 is 9.84 Å². The van der Waals surface area contributed by atoms with E-state index in [1.165, 1.54) is 18.4 Å². The minimum absolute atomic E-state index is 0. The predicted octanol–water partition coefficient (Wildman–Crippen LogP) is 4.25. The molecule has 1 saturated heterocycles. The number of methoxy groups -OCH3 is 1. The number of benzene rings is 2. The zero-order valence-electron chi connectivity index (χ0n) is 14.9. The lowest BCUT2D eigenvalue weighted by atomic mass is 9.72. The van der Waals surface area contributed by atoms with Crippen LogP contribution in [0.3, 0.4) is 0 Å². The molecule has 0 bridgehead atoms. The van der Waals surface area contributed by atoms with Crippen LogP contribution in [0, 0.1) is 0 Å². The largest absolute Gasteiger partial charge is 0.497 e. The van der Waals surface area contributed by atoms with Gasteiger partial charge < -0.3 is 15.2 Å². The van der Waals surface area contributed by atoms with Gasteiger partial charge in [-0.3, -0.25) is 0 Å². The maximum atomic E-state index is 11.5. The SMILES string of the molecule is COc1ccc(C(C)(O)C(c2ccccc2)C2CCCCN2)cc1.Cl. The van der Waals surface area contributed by atoms with Gasteiger partial charge in [0, 0.05) is 12.0 Å². The molecule has 3 unspecified atom stereocenters. The van der Waals surface area contributed by atoms with E-state index in [9.17, 15) is 5.11 Å². The molecular formula is C21H28ClNO2. The van der Waals surface area contributed by atoms with Gasteiger partial charge in [0.1, 0.15) is 5.75 Å². The maximum absolute atomic E-state index is 11.5. The molecule has 25 heavy (non-hydrogen) atoms. The summed E-state index contributed by atoms with van der Waals surface area (Å²) < 4.78 is 5.25. The topological polar surface area (TPSA) is 41.5 Å². The Morgan fingerprint density at radius 2 is 1.76 bits per heavy atom. The summed E-state index contributed by atoms with van der Waals surface area (Å²) >= 11 is 0. The summed E-state index contributed by atoms with van der Waals surface area (Å²) in [6.45, 7) is 2.95. The lowest BCUT2D eigenvalue weighted by Gasteiger charge is -2.41. The van der Waals surface area contributed by atoms with E-state index >= 15 is 0 Å². The molecule has 1 fully saturated rings. The molecule has 1 heterocycles. The first-order valence-electron chi connectivity index (χ1n) is 8.78. The minimum Gasteiger partial charge on any atom is -0.497 e. The van der Waals surface area contributed by atoms with Crippen LogP contribution in [0.15, 0.2) is 54.6 Å². The van der Waals surface area contributed by atoms with Crippen molar-refractivity contribution in [2.24, 2.45) is 0 Å². The van der Waals surface area contributed by atoms with Crippen LogP contribution < -0.4 is 10.1 Å². The van der Waals surface area contributed by atoms with Gasteiger partial charge in [-0.25, -0.2) is 0 Å². The number of hydrogen-bond acceptors (Lipinski definition) is 3. The van der Waals surface area contributed by atoms with Crippen LogP contribution in [0.4, 0.5) is 0 Å². The van der Waals surface area contributed by atoms with Crippen LogP contribution in [0.5, 0.6) is 5.75 Å². The number of hydrogen-bond donors (Lipinski definition) is 2. The molecule has 3 nitrogen and oxygen atoms in total. The Labute approximate surface area is 156 Å². The zero-order valence-corrected chi connectivity index (χ0v) is 15.8. The molecular weight excluding hydrogens is 334 g/mol. The molecule has 2 aromatic rings. The van der Waals surface area contributed by atoms with Crippen molar-refractivity contribution in [1.82, 2.24) is 5.32 Å². The third kappa shape index (κ3) is 4.35. The molecule has 0 spiro atoms. The standard InChI is InChI=1S/C21H27NO2.ClH/c1-21(23,17-11-13-18(24-2)14-12-17)20(16-8-4-3-5-9-16)19-10-6-7-15-22-19;/h3-5,8-9,11-14,19-20,22-23H,6-7,10,15H2,1-2H3;1H. The van der Waals surface area contributed by atoms with Crippen molar-refractivity contribution >= 4 is 12.4 Å². The summed E-state index contributed by atoms with van der Waals surface area (Å²) in [6.07, 6.45) is 3.51. The zero-order chi connectivity index (χ0) is 17.0. The second-order valence-electron chi connectivity index (χ2n) is 6.82. The molecule has 3 rings (SSSR count). The summed E-state index contributed by atoms with van der Waals surface area (Å²) in [5.41, 5.74) is 1.14. The van der Waals surface area contributed by atoms with Crippen LogP contribution in [0.1, 0.15) is 43.2 Å². The van der Waals surface area contributed by atoms with Crippen molar-refractivity contribution in [1.29, 1.82) is 0 Å². The summed E-state index contributed by atoms with van der Waals surface area (Å²) in [7, 11) is 1.66. The highest BCUT2D eigenvalue weighted by atomic mass is 35.5. The number of ether oxygens (including phenoxy) is 1. The summed E-state index contributed by atoms with van der Waals surface area (Å²) in [5.74, 6) is 0.814. The van der Waals surface area contributed by atoms with E-state index in [4.69, 9.17) is 4.74 Å². The van der Waals surface area contributed by atoms with Gasteiger partial charge in [0.25, 0.3) is 0 Å². The van der Waals surface area contributed by atoms with Gasteiger partial charge in [-0.1, -0.05) is 48.9 Å². The van der Waals surface area contributed by atoms with Crippen molar-refractivity contribution in [3.05, 3.63) is 65.7 Å². The summed E-state index contributed by atoms with van der Waals surface area (Å²) in [4.78, 5) is 0. The molecule has 1 aliphatic heterocycles. The van der Waals surface area contributed by atoms with Crippen LogP contribution in [0.2, 0.25) is 0 Å². The van der Waals surface area contributed by atoms with Crippen molar-refractivity contribution in [2.45, 2.75) is 43.7 Å². The van der Waals surface area contributed by atoms with Crippen molar-refractivity contribution in [3.8, 4) is 5.75 Å². The highest BCUT2D eigenvalue weighted by Gasteiger charge is 2.40. The lowest BCUT2D eigenvalue weighted by molar-refractivity contribution is 0.00894. The average Bonchev–Trinajstić information content (AvgIpc) is 2.63. The number of piperidine rings is 1. The molecule has 2 aromatic carbocycles. The number of nitrogens with one attached hydrogen (secondary N) is 1. The quantitative estimate of drug-likeness (QED) is 0.836. The van der Waals surface area contributed by atoms with Gasteiger partial charge in [0.2, 0.25) is 0 Å². The fraction of sp³-hybridized carbons (Fsp3) is 0.429. The number of aliphatic hydroxyl groups is 1. The molecule has 2 N–H and O–H groups in total. The second-order valence-corrected chi connectivity index (χ2v) is 6.82. The smallest absolute Gasteiger partial charge is 0.118 e. The Balaban J connectivity index is 0.00000225. The van der Waals surface area contributed by atoms with E-state index in [1.807, 2.05) is 37.3 Å². The molecule has 4 heteroatoms. The predicted molar refractivity (Wildman–Crippen MR) is 105 cm³/mol. The van der Waals surface area contributed by atoms with Gasteiger partial charge in [0.05, 0.1) is 12.7 Å². The molecule has 1 aliphatic rings.